The van der Waals surface area contributed by atoms with Gasteiger partial charge in [0.2, 0.25) is 5.91 Å². The Morgan fingerprint density at radius 3 is 2.65 bits per heavy atom. The molecule has 1 atom stereocenters. The van der Waals surface area contributed by atoms with Gasteiger partial charge in [0.05, 0.1) is 13.2 Å². The molecule has 0 aliphatic heterocycles. The van der Waals surface area contributed by atoms with Gasteiger partial charge in [-0.2, -0.15) is 8.78 Å². The molecule has 1 rings (SSSR count). The molecule has 7 heteroatoms. The van der Waals surface area contributed by atoms with Gasteiger partial charge >= 0.3 is 6.61 Å². The minimum absolute atomic E-state index is 0.149. The van der Waals surface area contributed by atoms with Crippen molar-refractivity contribution in [3.8, 4) is 11.5 Å². The number of nitrogens with two attached hydrogens (primary N) is 1. The van der Waals surface area contributed by atoms with Crippen LogP contribution in [0.3, 0.4) is 0 Å². The number of ether oxygens (including phenoxy) is 2. The molecule has 5 nitrogen and oxygen atoms in total. The molecule has 0 aliphatic carbocycles. The Hall–Kier alpha value is -1.89. The molecule has 0 aliphatic rings. The zero-order valence-corrected chi connectivity index (χ0v) is 11.4. The van der Waals surface area contributed by atoms with Gasteiger partial charge in [-0.3, -0.25) is 4.79 Å². The van der Waals surface area contributed by atoms with Crippen LogP contribution in [0, 0.1) is 0 Å². The van der Waals surface area contributed by atoms with Crippen LogP contribution in [0.2, 0.25) is 0 Å². The number of alkyl halides is 2. The van der Waals surface area contributed by atoms with Crippen LogP contribution >= 0.6 is 0 Å². The van der Waals surface area contributed by atoms with Gasteiger partial charge in [-0.25, -0.2) is 0 Å². The number of carbonyl (C=O) groups is 1. The van der Waals surface area contributed by atoms with E-state index in [9.17, 15) is 13.6 Å². The largest absolute Gasteiger partial charge is 0.493 e. The van der Waals surface area contributed by atoms with Gasteiger partial charge in [-0.1, -0.05) is 13.3 Å². The first kappa shape index (κ1) is 16.2. The van der Waals surface area contributed by atoms with E-state index in [0.29, 0.717) is 12.1 Å². The number of carbonyl (C=O) groups excluding carboxylic acids is 1. The summed E-state index contributed by atoms with van der Waals surface area (Å²) < 4.78 is 33.8. The minimum atomic E-state index is -2.97. The lowest BCUT2D eigenvalue weighted by Crippen LogP contribution is -2.35. The van der Waals surface area contributed by atoms with Crippen molar-refractivity contribution in [2.45, 2.75) is 32.4 Å². The summed E-state index contributed by atoms with van der Waals surface area (Å²) in [6.45, 7) is -1.06. The number of rotatable bonds is 7. The van der Waals surface area contributed by atoms with Crippen LogP contribution in [0.15, 0.2) is 18.2 Å². The van der Waals surface area contributed by atoms with Crippen molar-refractivity contribution in [3.05, 3.63) is 18.2 Å². The zero-order chi connectivity index (χ0) is 15.1. The monoisotopic (exact) mass is 288 g/mol. The summed E-state index contributed by atoms with van der Waals surface area (Å²) in [7, 11) is 1.34. The molecule has 1 unspecified atom stereocenters. The first-order chi connectivity index (χ1) is 9.47. The molecule has 0 saturated heterocycles. The van der Waals surface area contributed by atoms with Crippen molar-refractivity contribution in [1.82, 2.24) is 0 Å². The zero-order valence-electron chi connectivity index (χ0n) is 11.4. The van der Waals surface area contributed by atoms with Crippen molar-refractivity contribution in [2.24, 2.45) is 5.73 Å². The summed E-state index contributed by atoms with van der Waals surface area (Å²) in [6.07, 6.45) is 1.32. The van der Waals surface area contributed by atoms with Crippen LogP contribution in [0.5, 0.6) is 11.5 Å². The van der Waals surface area contributed by atoms with Gasteiger partial charge in [0, 0.05) is 11.8 Å². The van der Waals surface area contributed by atoms with E-state index in [2.05, 4.69) is 10.1 Å². The molecule has 20 heavy (non-hydrogen) atoms. The summed E-state index contributed by atoms with van der Waals surface area (Å²) in [5.41, 5.74) is 5.98. The number of amides is 1. The normalized spacial score (nSPS) is 12.1. The molecule has 1 aromatic carbocycles. The molecular weight excluding hydrogens is 270 g/mol. The van der Waals surface area contributed by atoms with E-state index in [1.54, 1.807) is 0 Å². The van der Waals surface area contributed by atoms with Gasteiger partial charge in [0.15, 0.2) is 11.5 Å². The predicted molar refractivity (Wildman–Crippen MR) is 71.1 cm³/mol. The number of hydrogen-bond donors (Lipinski definition) is 2. The quantitative estimate of drug-likeness (QED) is 0.807. The second-order valence-corrected chi connectivity index (χ2v) is 4.13. The van der Waals surface area contributed by atoms with Crippen molar-refractivity contribution in [3.63, 3.8) is 0 Å². The number of nitrogens with one attached hydrogen (secondary N) is 1. The highest BCUT2D eigenvalue weighted by molar-refractivity contribution is 5.94. The Kier molecular flexibility index (Phi) is 6.17. The summed E-state index contributed by atoms with van der Waals surface area (Å²) in [5, 5.41) is 2.55. The average molecular weight is 288 g/mol. The number of hydrogen-bond acceptors (Lipinski definition) is 4. The lowest BCUT2D eigenvalue weighted by Gasteiger charge is -2.14. The van der Waals surface area contributed by atoms with Crippen LogP contribution in [-0.2, 0) is 4.79 Å². The van der Waals surface area contributed by atoms with Crippen molar-refractivity contribution >= 4 is 11.6 Å². The molecule has 0 spiro atoms. The van der Waals surface area contributed by atoms with Crippen LogP contribution in [0.25, 0.3) is 0 Å². The minimum Gasteiger partial charge on any atom is -0.493 e. The number of benzene rings is 1. The first-order valence-electron chi connectivity index (χ1n) is 6.17. The summed E-state index contributed by atoms with van der Waals surface area (Å²) >= 11 is 0. The van der Waals surface area contributed by atoms with Crippen molar-refractivity contribution in [2.75, 3.05) is 12.4 Å². The molecule has 0 heterocycles. The van der Waals surface area contributed by atoms with Gasteiger partial charge in [0.1, 0.15) is 0 Å². The van der Waals surface area contributed by atoms with E-state index in [1.807, 2.05) is 6.92 Å². The standard InChI is InChI=1S/C13H18F2N2O3/c1-3-4-9(16)12(18)17-8-5-6-10(19-2)11(7-8)20-13(14)15/h5-7,9,13H,3-4,16H2,1-2H3,(H,17,18). The Balaban J connectivity index is 2.83. The summed E-state index contributed by atoms with van der Waals surface area (Å²) in [6, 6.07) is 3.58. The summed E-state index contributed by atoms with van der Waals surface area (Å²) in [4.78, 5) is 11.7. The van der Waals surface area contributed by atoms with E-state index in [1.165, 1.54) is 25.3 Å². The summed E-state index contributed by atoms with van der Waals surface area (Å²) in [5.74, 6) is -0.370. The predicted octanol–water partition coefficient (Wildman–Crippen LogP) is 2.36. The molecule has 1 amide bonds. The molecule has 1 aromatic rings. The Bertz CT molecular complexity index is 455. The van der Waals surface area contributed by atoms with Crippen molar-refractivity contribution in [1.29, 1.82) is 0 Å². The van der Waals surface area contributed by atoms with E-state index in [0.717, 1.165) is 6.42 Å². The highest BCUT2D eigenvalue weighted by Crippen LogP contribution is 2.31. The smallest absolute Gasteiger partial charge is 0.387 e. The fraction of sp³-hybridized carbons (Fsp3) is 0.462. The topological polar surface area (TPSA) is 73.6 Å². The average Bonchev–Trinajstić information content (AvgIpc) is 2.38. The number of methoxy groups -OCH3 is 1. The van der Waals surface area contributed by atoms with Crippen LogP contribution < -0.4 is 20.5 Å². The number of anilines is 1. The van der Waals surface area contributed by atoms with Gasteiger partial charge < -0.3 is 20.5 Å². The molecule has 0 fully saturated rings. The lowest BCUT2D eigenvalue weighted by atomic mass is 10.1. The van der Waals surface area contributed by atoms with Crippen LogP contribution in [-0.4, -0.2) is 25.7 Å². The first-order valence-corrected chi connectivity index (χ1v) is 6.17. The highest BCUT2D eigenvalue weighted by atomic mass is 19.3. The maximum absolute atomic E-state index is 12.3. The molecule has 112 valence electrons. The highest BCUT2D eigenvalue weighted by Gasteiger charge is 2.15. The molecule has 0 saturated carbocycles. The van der Waals surface area contributed by atoms with E-state index < -0.39 is 12.7 Å². The number of halogens is 2. The van der Waals surface area contributed by atoms with Crippen LogP contribution in [0.1, 0.15) is 19.8 Å². The second kappa shape index (κ2) is 7.64. The van der Waals surface area contributed by atoms with E-state index >= 15 is 0 Å². The Morgan fingerprint density at radius 1 is 1.40 bits per heavy atom. The molecule has 0 radical (unpaired) electrons. The fourth-order valence-electron chi connectivity index (χ4n) is 1.62. The second-order valence-electron chi connectivity index (χ2n) is 4.13. The third-order valence-electron chi connectivity index (χ3n) is 2.58. The van der Waals surface area contributed by atoms with E-state index in [4.69, 9.17) is 10.5 Å². The Labute approximate surface area is 116 Å². The van der Waals surface area contributed by atoms with Gasteiger partial charge in [0.25, 0.3) is 0 Å². The van der Waals surface area contributed by atoms with Gasteiger partial charge in [-0.15, -0.1) is 0 Å². The third-order valence-corrected chi connectivity index (χ3v) is 2.58. The maximum Gasteiger partial charge on any atom is 0.387 e. The molecular formula is C13H18F2N2O3. The van der Waals surface area contributed by atoms with E-state index in [-0.39, 0.29) is 17.4 Å². The lowest BCUT2D eigenvalue weighted by molar-refractivity contribution is -0.117. The van der Waals surface area contributed by atoms with Crippen LogP contribution in [0.4, 0.5) is 14.5 Å². The molecule has 0 aromatic heterocycles. The Morgan fingerprint density at radius 2 is 2.10 bits per heavy atom. The molecule has 0 bridgehead atoms. The van der Waals surface area contributed by atoms with Crippen molar-refractivity contribution < 1.29 is 23.0 Å². The third kappa shape index (κ3) is 4.65. The fourth-order valence-corrected chi connectivity index (χ4v) is 1.62. The SMILES string of the molecule is CCCC(N)C(=O)Nc1ccc(OC)c(OC(F)F)c1. The molecule has 3 N–H and O–H groups in total. The van der Waals surface area contributed by atoms with Gasteiger partial charge in [-0.05, 0) is 18.6 Å². The maximum atomic E-state index is 12.3.